The van der Waals surface area contributed by atoms with Crippen molar-refractivity contribution >= 4 is 0 Å². The van der Waals surface area contributed by atoms with Crippen molar-refractivity contribution < 1.29 is 0 Å². The molecule has 15 heavy (non-hydrogen) atoms. The first-order valence-electron chi connectivity index (χ1n) is 6.75. The van der Waals surface area contributed by atoms with Crippen LogP contribution < -0.4 is 5.32 Å². The lowest BCUT2D eigenvalue weighted by atomic mass is 9.98. The standard InChI is InChI=1S/C13H26N2/c1-11-10-15(9-5-8-14-11)12(2)13-6-3-4-7-13/h11-14H,3-10H2,1-2H3. The van der Waals surface area contributed by atoms with Crippen LogP contribution in [0.1, 0.15) is 46.0 Å². The topological polar surface area (TPSA) is 15.3 Å². The van der Waals surface area contributed by atoms with Crippen molar-refractivity contribution in [1.82, 2.24) is 10.2 Å². The van der Waals surface area contributed by atoms with E-state index < -0.39 is 0 Å². The van der Waals surface area contributed by atoms with Crippen LogP contribution in [0.15, 0.2) is 0 Å². The van der Waals surface area contributed by atoms with Crippen LogP contribution in [0.2, 0.25) is 0 Å². The highest BCUT2D eigenvalue weighted by Gasteiger charge is 2.27. The summed E-state index contributed by atoms with van der Waals surface area (Å²) in [5, 5.41) is 3.58. The maximum atomic E-state index is 3.58. The minimum absolute atomic E-state index is 0.677. The van der Waals surface area contributed by atoms with Crippen molar-refractivity contribution in [3.63, 3.8) is 0 Å². The van der Waals surface area contributed by atoms with E-state index >= 15 is 0 Å². The smallest absolute Gasteiger partial charge is 0.0166 e. The van der Waals surface area contributed by atoms with Gasteiger partial charge in [0.05, 0.1) is 0 Å². The minimum atomic E-state index is 0.677. The molecule has 0 bridgehead atoms. The summed E-state index contributed by atoms with van der Waals surface area (Å²) in [6, 6.07) is 1.49. The zero-order valence-electron chi connectivity index (χ0n) is 10.3. The molecule has 1 saturated carbocycles. The fraction of sp³-hybridized carbons (Fsp3) is 1.00. The van der Waals surface area contributed by atoms with Crippen molar-refractivity contribution in [2.75, 3.05) is 19.6 Å². The zero-order chi connectivity index (χ0) is 10.7. The van der Waals surface area contributed by atoms with Crippen molar-refractivity contribution in [3.8, 4) is 0 Å². The van der Waals surface area contributed by atoms with E-state index in [2.05, 4.69) is 24.1 Å². The maximum Gasteiger partial charge on any atom is 0.0166 e. The van der Waals surface area contributed by atoms with Crippen LogP contribution in [0.25, 0.3) is 0 Å². The van der Waals surface area contributed by atoms with E-state index in [4.69, 9.17) is 0 Å². The van der Waals surface area contributed by atoms with Gasteiger partial charge < -0.3 is 5.32 Å². The molecular formula is C13H26N2. The summed E-state index contributed by atoms with van der Waals surface area (Å²) in [5.74, 6) is 0.982. The van der Waals surface area contributed by atoms with Gasteiger partial charge in [0.15, 0.2) is 0 Å². The highest BCUT2D eigenvalue weighted by molar-refractivity contribution is 4.83. The van der Waals surface area contributed by atoms with Crippen molar-refractivity contribution in [1.29, 1.82) is 0 Å². The Labute approximate surface area is 94.4 Å². The molecule has 2 unspecified atom stereocenters. The van der Waals surface area contributed by atoms with Gasteiger partial charge >= 0.3 is 0 Å². The Hall–Kier alpha value is -0.0800. The third kappa shape index (κ3) is 2.94. The number of rotatable bonds is 2. The van der Waals surface area contributed by atoms with Gasteiger partial charge in [0.25, 0.3) is 0 Å². The molecule has 0 radical (unpaired) electrons. The molecular weight excluding hydrogens is 184 g/mol. The second-order valence-electron chi connectivity index (χ2n) is 5.49. The lowest BCUT2D eigenvalue weighted by Gasteiger charge is -2.33. The van der Waals surface area contributed by atoms with E-state index in [0.29, 0.717) is 6.04 Å². The van der Waals surface area contributed by atoms with E-state index in [0.717, 1.165) is 12.0 Å². The SMILES string of the molecule is CC1CN(C(C)C2CCCC2)CCCN1. The number of nitrogens with zero attached hydrogens (tertiary/aromatic N) is 1. The average Bonchev–Trinajstić information content (AvgIpc) is 2.67. The van der Waals surface area contributed by atoms with Crippen LogP contribution in [-0.4, -0.2) is 36.6 Å². The summed E-state index contributed by atoms with van der Waals surface area (Å²) in [4.78, 5) is 2.72. The highest BCUT2D eigenvalue weighted by atomic mass is 15.2. The Bertz CT molecular complexity index is 187. The number of hydrogen-bond acceptors (Lipinski definition) is 2. The van der Waals surface area contributed by atoms with Gasteiger partial charge in [-0.25, -0.2) is 0 Å². The molecule has 0 aromatic heterocycles. The van der Waals surface area contributed by atoms with Gasteiger partial charge in [0.2, 0.25) is 0 Å². The molecule has 2 aliphatic rings. The lowest BCUT2D eigenvalue weighted by Crippen LogP contribution is -2.43. The van der Waals surface area contributed by atoms with Gasteiger partial charge in [-0.2, -0.15) is 0 Å². The molecule has 0 aromatic rings. The van der Waals surface area contributed by atoms with E-state index in [1.165, 1.54) is 51.7 Å². The maximum absolute atomic E-state index is 3.58. The summed E-state index contributed by atoms with van der Waals surface area (Å²) < 4.78 is 0. The van der Waals surface area contributed by atoms with Gasteiger partial charge in [-0.05, 0) is 52.1 Å². The first-order chi connectivity index (χ1) is 7.27. The molecule has 1 N–H and O–H groups in total. The summed E-state index contributed by atoms with van der Waals surface area (Å²) in [6.45, 7) is 8.52. The minimum Gasteiger partial charge on any atom is -0.313 e. The number of nitrogens with one attached hydrogen (secondary N) is 1. The fourth-order valence-corrected chi connectivity index (χ4v) is 3.25. The predicted molar refractivity (Wildman–Crippen MR) is 65.1 cm³/mol. The molecule has 0 spiro atoms. The Morgan fingerprint density at radius 2 is 1.93 bits per heavy atom. The molecule has 0 aromatic carbocycles. The van der Waals surface area contributed by atoms with E-state index in [1.54, 1.807) is 0 Å². The normalized spacial score (nSPS) is 32.8. The highest BCUT2D eigenvalue weighted by Crippen LogP contribution is 2.30. The van der Waals surface area contributed by atoms with E-state index in [9.17, 15) is 0 Å². The lowest BCUT2D eigenvalue weighted by molar-refractivity contribution is 0.155. The molecule has 88 valence electrons. The first kappa shape index (κ1) is 11.4. The van der Waals surface area contributed by atoms with Crippen LogP contribution in [-0.2, 0) is 0 Å². The fourth-order valence-electron chi connectivity index (χ4n) is 3.25. The Morgan fingerprint density at radius 1 is 1.20 bits per heavy atom. The summed E-state index contributed by atoms with van der Waals surface area (Å²) in [5.41, 5.74) is 0. The molecule has 2 atom stereocenters. The van der Waals surface area contributed by atoms with Crippen molar-refractivity contribution in [2.24, 2.45) is 5.92 Å². The monoisotopic (exact) mass is 210 g/mol. The largest absolute Gasteiger partial charge is 0.313 e. The molecule has 1 heterocycles. The summed E-state index contributed by atoms with van der Waals surface area (Å²) in [7, 11) is 0. The molecule has 1 saturated heterocycles. The van der Waals surface area contributed by atoms with Crippen LogP contribution in [0.4, 0.5) is 0 Å². The Kier molecular flexibility index (Phi) is 4.04. The quantitative estimate of drug-likeness (QED) is 0.752. The molecule has 1 aliphatic heterocycles. The molecule has 1 aliphatic carbocycles. The van der Waals surface area contributed by atoms with Crippen LogP contribution in [0.3, 0.4) is 0 Å². The molecule has 2 nitrogen and oxygen atoms in total. The van der Waals surface area contributed by atoms with Gasteiger partial charge in [-0.1, -0.05) is 12.8 Å². The molecule has 2 fully saturated rings. The molecule has 2 rings (SSSR count). The van der Waals surface area contributed by atoms with E-state index in [-0.39, 0.29) is 0 Å². The van der Waals surface area contributed by atoms with E-state index in [1.807, 2.05) is 0 Å². The van der Waals surface area contributed by atoms with Crippen molar-refractivity contribution in [3.05, 3.63) is 0 Å². The number of hydrogen-bond donors (Lipinski definition) is 1. The Morgan fingerprint density at radius 3 is 2.67 bits per heavy atom. The van der Waals surface area contributed by atoms with Crippen LogP contribution in [0.5, 0.6) is 0 Å². The summed E-state index contributed by atoms with van der Waals surface area (Å²) >= 11 is 0. The average molecular weight is 210 g/mol. The van der Waals surface area contributed by atoms with Crippen LogP contribution in [0, 0.1) is 5.92 Å². The first-order valence-corrected chi connectivity index (χ1v) is 6.75. The Balaban J connectivity index is 1.89. The van der Waals surface area contributed by atoms with Crippen LogP contribution >= 0.6 is 0 Å². The van der Waals surface area contributed by atoms with Gasteiger partial charge in [-0.15, -0.1) is 0 Å². The summed E-state index contributed by atoms with van der Waals surface area (Å²) in [6.07, 6.45) is 7.20. The zero-order valence-corrected chi connectivity index (χ0v) is 10.3. The third-order valence-corrected chi connectivity index (χ3v) is 4.28. The predicted octanol–water partition coefficient (Wildman–Crippen LogP) is 2.25. The van der Waals surface area contributed by atoms with Gasteiger partial charge in [0.1, 0.15) is 0 Å². The van der Waals surface area contributed by atoms with Gasteiger partial charge in [0, 0.05) is 18.6 Å². The third-order valence-electron chi connectivity index (χ3n) is 4.28. The second-order valence-corrected chi connectivity index (χ2v) is 5.49. The molecule has 2 heteroatoms. The van der Waals surface area contributed by atoms with Gasteiger partial charge in [-0.3, -0.25) is 4.90 Å². The second kappa shape index (κ2) is 5.31. The molecule has 0 amide bonds. The van der Waals surface area contributed by atoms with Crippen molar-refractivity contribution in [2.45, 2.75) is 58.0 Å².